The Balaban J connectivity index is 2.00. The van der Waals surface area contributed by atoms with Gasteiger partial charge in [-0.15, -0.1) is 0 Å². The Morgan fingerprint density at radius 3 is 2.48 bits per heavy atom. The summed E-state index contributed by atoms with van der Waals surface area (Å²) in [5, 5.41) is 9.71. The number of nitrogens with one attached hydrogen (secondary N) is 1. The molecular weight excluding hydrogens is 272 g/mol. The molecule has 21 heavy (non-hydrogen) atoms. The maximum absolute atomic E-state index is 12.1. The van der Waals surface area contributed by atoms with Gasteiger partial charge in [0.2, 0.25) is 0 Å². The van der Waals surface area contributed by atoms with Crippen molar-refractivity contribution in [3.63, 3.8) is 0 Å². The molecule has 2 heterocycles. The third-order valence-corrected chi connectivity index (χ3v) is 3.90. The second kappa shape index (κ2) is 6.30. The van der Waals surface area contributed by atoms with E-state index < -0.39 is 12.1 Å². The number of carbonyl (C=O) groups is 2. The molecule has 1 amide bonds. The highest BCUT2D eigenvalue weighted by Gasteiger charge is 2.23. The number of amides is 1. The van der Waals surface area contributed by atoms with Gasteiger partial charge < -0.3 is 19.7 Å². The largest absolute Gasteiger partial charge is 0.451 e. The van der Waals surface area contributed by atoms with Gasteiger partial charge in [0.25, 0.3) is 5.91 Å². The van der Waals surface area contributed by atoms with Crippen LogP contribution in [0.4, 0.5) is 0 Å². The van der Waals surface area contributed by atoms with Gasteiger partial charge in [0.15, 0.2) is 6.61 Å². The molecule has 1 fully saturated rings. The maximum atomic E-state index is 12.1. The molecule has 6 nitrogen and oxygen atoms in total. The van der Waals surface area contributed by atoms with Crippen LogP contribution < -0.4 is 0 Å². The van der Waals surface area contributed by atoms with Crippen molar-refractivity contribution >= 4 is 11.9 Å². The van der Waals surface area contributed by atoms with Crippen molar-refractivity contribution in [2.45, 2.75) is 39.7 Å². The summed E-state index contributed by atoms with van der Waals surface area (Å²) in [6.07, 6.45) is 1.35. The monoisotopic (exact) mass is 294 g/mol. The number of aromatic amines is 1. The van der Waals surface area contributed by atoms with Gasteiger partial charge in [-0.3, -0.25) is 4.79 Å². The molecule has 1 aromatic rings. The van der Waals surface area contributed by atoms with Crippen molar-refractivity contribution in [3.8, 4) is 0 Å². The number of likely N-dealkylation sites (tertiary alicyclic amines) is 1. The summed E-state index contributed by atoms with van der Waals surface area (Å²) in [6, 6.07) is 0. The van der Waals surface area contributed by atoms with Crippen molar-refractivity contribution < 1.29 is 19.4 Å². The zero-order chi connectivity index (χ0) is 15.6. The second-order valence-corrected chi connectivity index (χ2v) is 5.50. The van der Waals surface area contributed by atoms with Crippen LogP contribution in [0.1, 0.15) is 53.2 Å². The number of esters is 1. The second-order valence-electron chi connectivity index (χ2n) is 5.50. The topological polar surface area (TPSA) is 82.6 Å². The van der Waals surface area contributed by atoms with Gasteiger partial charge in [-0.2, -0.15) is 0 Å². The zero-order valence-corrected chi connectivity index (χ0v) is 12.7. The highest BCUT2D eigenvalue weighted by atomic mass is 16.5. The molecule has 1 saturated heterocycles. The number of rotatable bonds is 4. The minimum absolute atomic E-state index is 0.155. The summed E-state index contributed by atoms with van der Waals surface area (Å²) in [4.78, 5) is 28.5. The van der Waals surface area contributed by atoms with Crippen molar-refractivity contribution in [3.05, 3.63) is 22.5 Å². The molecule has 2 N–H and O–H groups in total. The Bertz CT molecular complexity index is 542. The summed E-state index contributed by atoms with van der Waals surface area (Å²) < 4.78 is 5.09. The van der Waals surface area contributed by atoms with Gasteiger partial charge in [0.05, 0.1) is 6.10 Å². The first kappa shape index (κ1) is 15.6. The van der Waals surface area contributed by atoms with Gasteiger partial charge in [0.1, 0.15) is 5.69 Å². The minimum atomic E-state index is -0.658. The quantitative estimate of drug-likeness (QED) is 0.824. The lowest BCUT2D eigenvalue weighted by atomic mass is 10.1. The number of hydrogen-bond acceptors (Lipinski definition) is 4. The molecule has 1 aliphatic heterocycles. The third kappa shape index (κ3) is 3.26. The number of hydrogen-bond donors (Lipinski definition) is 2. The van der Waals surface area contributed by atoms with Gasteiger partial charge in [-0.1, -0.05) is 0 Å². The first-order valence-corrected chi connectivity index (χ1v) is 7.23. The van der Waals surface area contributed by atoms with Crippen LogP contribution in [0, 0.1) is 13.8 Å². The summed E-state index contributed by atoms with van der Waals surface area (Å²) in [5.74, 6) is -0.715. The van der Waals surface area contributed by atoms with Crippen LogP contribution in [-0.2, 0) is 9.53 Å². The molecule has 0 aromatic carbocycles. The van der Waals surface area contributed by atoms with Gasteiger partial charge in [-0.25, -0.2) is 4.79 Å². The van der Waals surface area contributed by atoms with E-state index in [0.29, 0.717) is 16.8 Å². The SMILES string of the molecule is Cc1[nH]c(C(=O)OCC(=O)N2CCCC2)c(C)c1[C@H](C)O. The number of aliphatic hydroxyl groups is 1. The summed E-state index contributed by atoms with van der Waals surface area (Å²) in [7, 11) is 0. The Morgan fingerprint density at radius 2 is 1.95 bits per heavy atom. The predicted octanol–water partition coefficient (Wildman–Crippen LogP) is 1.46. The molecule has 6 heteroatoms. The first-order valence-electron chi connectivity index (χ1n) is 7.23. The van der Waals surface area contributed by atoms with E-state index in [-0.39, 0.29) is 12.5 Å². The van der Waals surface area contributed by atoms with E-state index in [9.17, 15) is 14.7 Å². The third-order valence-electron chi connectivity index (χ3n) is 3.90. The molecule has 1 aromatic heterocycles. The molecule has 0 saturated carbocycles. The minimum Gasteiger partial charge on any atom is -0.451 e. The standard InChI is InChI=1S/C15H22N2O4/c1-9-13(11(3)18)10(2)16-14(9)15(20)21-8-12(19)17-6-4-5-7-17/h11,16,18H,4-8H2,1-3H3/t11-/m0/s1. The van der Waals surface area contributed by atoms with Gasteiger partial charge in [-0.05, 0) is 39.2 Å². The molecule has 0 spiro atoms. The molecule has 1 atom stereocenters. The average molecular weight is 294 g/mol. The molecular formula is C15H22N2O4. The highest BCUT2D eigenvalue weighted by molar-refractivity contribution is 5.91. The number of nitrogens with zero attached hydrogens (tertiary/aromatic N) is 1. The Kier molecular flexibility index (Phi) is 4.67. The van der Waals surface area contributed by atoms with Crippen molar-refractivity contribution in [2.24, 2.45) is 0 Å². The number of carbonyl (C=O) groups excluding carboxylic acids is 2. The van der Waals surface area contributed by atoms with Crippen LogP contribution in [0.25, 0.3) is 0 Å². The van der Waals surface area contributed by atoms with Gasteiger partial charge >= 0.3 is 5.97 Å². The van der Waals surface area contributed by atoms with Crippen molar-refractivity contribution in [1.82, 2.24) is 9.88 Å². The molecule has 0 aliphatic carbocycles. The van der Waals surface area contributed by atoms with Crippen LogP contribution in [0.2, 0.25) is 0 Å². The van der Waals surface area contributed by atoms with E-state index in [1.165, 1.54) is 0 Å². The summed E-state index contributed by atoms with van der Waals surface area (Å²) >= 11 is 0. The lowest BCUT2D eigenvalue weighted by molar-refractivity contribution is -0.133. The van der Waals surface area contributed by atoms with E-state index >= 15 is 0 Å². The Hall–Kier alpha value is -1.82. The smallest absolute Gasteiger partial charge is 0.355 e. The number of aliphatic hydroxyl groups excluding tert-OH is 1. The molecule has 1 aliphatic rings. The average Bonchev–Trinajstić information content (AvgIpc) is 3.03. The van der Waals surface area contributed by atoms with Crippen LogP contribution in [-0.4, -0.2) is 46.6 Å². The lowest BCUT2D eigenvalue weighted by Gasteiger charge is -2.14. The lowest BCUT2D eigenvalue weighted by Crippen LogP contribution is -2.32. The van der Waals surface area contributed by atoms with Crippen LogP contribution in [0.15, 0.2) is 0 Å². The number of aromatic nitrogens is 1. The van der Waals surface area contributed by atoms with E-state index in [1.807, 2.05) is 0 Å². The van der Waals surface area contributed by atoms with Crippen LogP contribution in [0.3, 0.4) is 0 Å². The van der Waals surface area contributed by atoms with E-state index in [0.717, 1.165) is 31.6 Å². The number of aryl methyl sites for hydroxylation is 1. The van der Waals surface area contributed by atoms with E-state index in [1.54, 1.807) is 25.7 Å². The van der Waals surface area contributed by atoms with E-state index in [4.69, 9.17) is 4.74 Å². The Labute approximate surface area is 124 Å². The summed E-state index contributed by atoms with van der Waals surface area (Å²) in [5.41, 5.74) is 2.41. The molecule has 0 unspecified atom stereocenters. The van der Waals surface area contributed by atoms with Crippen LogP contribution in [0.5, 0.6) is 0 Å². The molecule has 116 valence electrons. The van der Waals surface area contributed by atoms with Crippen LogP contribution >= 0.6 is 0 Å². The summed E-state index contributed by atoms with van der Waals surface area (Å²) in [6.45, 7) is 6.44. The fraction of sp³-hybridized carbons (Fsp3) is 0.600. The Morgan fingerprint density at radius 1 is 1.33 bits per heavy atom. The van der Waals surface area contributed by atoms with Crippen molar-refractivity contribution in [2.75, 3.05) is 19.7 Å². The van der Waals surface area contributed by atoms with E-state index in [2.05, 4.69) is 4.98 Å². The number of ether oxygens (including phenoxy) is 1. The maximum Gasteiger partial charge on any atom is 0.355 e. The van der Waals surface area contributed by atoms with Gasteiger partial charge in [0, 0.05) is 24.3 Å². The first-order chi connectivity index (χ1) is 9.91. The highest BCUT2D eigenvalue weighted by Crippen LogP contribution is 2.24. The fourth-order valence-electron chi connectivity index (χ4n) is 2.85. The molecule has 0 bridgehead atoms. The van der Waals surface area contributed by atoms with Crippen molar-refractivity contribution in [1.29, 1.82) is 0 Å². The molecule has 0 radical (unpaired) electrons. The predicted molar refractivity (Wildman–Crippen MR) is 77.0 cm³/mol. The number of H-pyrrole nitrogens is 1. The normalized spacial score (nSPS) is 16.1. The fourth-order valence-corrected chi connectivity index (χ4v) is 2.85. The molecule has 2 rings (SSSR count). The zero-order valence-electron chi connectivity index (χ0n) is 12.7.